The van der Waals surface area contributed by atoms with Crippen molar-refractivity contribution >= 4 is 6.16 Å². The van der Waals surface area contributed by atoms with Crippen LogP contribution in [0.3, 0.4) is 0 Å². The van der Waals surface area contributed by atoms with Crippen LogP contribution in [-0.4, -0.2) is 110 Å². The first kappa shape index (κ1) is 33.2. The van der Waals surface area contributed by atoms with Gasteiger partial charge in [-0.1, -0.05) is 25.0 Å². The predicted octanol–water partition coefficient (Wildman–Crippen LogP) is 3.89. The molecule has 4 bridgehead atoms. The van der Waals surface area contributed by atoms with E-state index in [-0.39, 0.29) is 23.6 Å². The van der Waals surface area contributed by atoms with Crippen LogP contribution < -0.4 is 18.9 Å². The summed E-state index contributed by atoms with van der Waals surface area (Å²) >= 11 is 0. The first-order valence-electron chi connectivity index (χ1n) is 21.0. The second kappa shape index (κ2) is 11.1. The maximum absolute atomic E-state index is 13.8. The lowest BCUT2D eigenvalue weighted by Gasteiger charge is -2.64. The summed E-state index contributed by atoms with van der Waals surface area (Å²) in [5, 5.41) is 48.3. The summed E-state index contributed by atoms with van der Waals surface area (Å²) in [4.78, 5) is 18.8. The summed E-state index contributed by atoms with van der Waals surface area (Å²) in [7, 11) is 0. The summed E-state index contributed by atoms with van der Waals surface area (Å²) in [6, 6.07) is 7.41. The molecule has 2 aromatic carbocycles. The number of carbonyl (C=O) groups is 1. The number of benzene rings is 2. The molecular weight excluding hydrogens is 688 g/mol. The van der Waals surface area contributed by atoms with Crippen molar-refractivity contribution in [1.82, 2.24) is 9.80 Å². The van der Waals surface area contributed by atoms with Gasteiger partial charge in [0, 0.05) is 36.3 Å². The quantitative estimate of drug-likeness (QED) is 0.253. The zero-order chi connectivity index (χ0) is 36.4. The molecule has 0 aromatic heterocycles. The van der Waals surface area contributed by atoms with E-state index < -0.39 is 52.6 Å². The first-order chi connectivity index (χ1) is 26.1. The van der Waals surface area contributed by atoms with E-state index in [0.717, 1.165) is 48.4 Å². The van der Waals surface area contributed by atoms with Crippen molar-refractivity contribution in [3.05, 3.63) is 46.5 Å². The highest BCUT2D eigenvalue weighted by molar-refractivity contribution is 5.74. The van der Waals surface area contributed by atoms with Gasteiger partial charge in [-0.05, 0) is 125 Å². The number of ether oxygens (including phenoxy) is 4. The fraction of sp³-hybridized carbons (Fsp3) is 0.698. The average Bonchev–Trinajstić information content (AvgIpc) is 3.66. The monoisotopic (exact) mass is 740 g/mol. The highest BCUT2D eigenvalue weighted by atomic mass is 16.7. The number of rotatable bonds is 6. The molecule has 2 aromatic rings. The van der Waals surface area contributed by atoms with Crippen molar-refractivity contribution in [3.63, 3.8) is 0 Å². The lowest BCUT2D eigenvalue weighted by atomic mass is 9.48. The smallest absolute Gasteiger partial charge is 0.482 e. The zero-order valence-corrected chi connectivity index (χ0v) is 30.9. The van der Waals surface area contributed by atoms with E-state index in [4.69, 9.17) is 18.9 Å². The minimum absolute atomic E-state index is 0.0536. The molecule has 2 spiro atoms. The van der Waals surface area contributed by atoms with Crippen LogP contribution in [-0.2, 0) is 23.7 Å². The van der Waals surface area contributed by atoms with Crippen LogP contribution in [0.2, 0.25) is 0 Å². The largest absolute Gasteiger partial charge is 0.519 e. The minimum atomic E-state index is -1.06. The molecule has 4 N–H and O–H groups in total. The number of hydrogen-bond donors (Lipinski definition) is 4. The Bertz CT molecular complexity index is 1810. The molecule has 12 rings (SSSR count). The summed E-state index contributed by atoms with van der Waals surface area (Å²) in [5.41, 5.74) is 0.232. The topological polar surface area (TPSA) is 141 Å². The molecule has 0 radical (unpaired) electrons. The van der Waals surface area contributed by atoms with E-state index in [0.29, 0.717) is 74.7 Å². The minimum Gasteiger partial charge on any atom is -0.482 e. The van der Waals surface area contributed by atoms with Gasteiger partial charge >= 0.3 is 6.16 Å². The Hall–Kier alpha value is -2.93. The normalized spacial score (nSPS) is 42.5. The van der Waals surface area contributed by atoms with Crippen LogP contribution >= 0.6 is 0 Å². The summed E-state index contributed by atoms with van der Waals surface area (Å²) in [5.74, 6) is 2.63. The number of nitrogens with zero attached hydrogens (tertiary/aromatic N) is 2. The molecule has 54 heavy (non-hydrogen) atoms. The highest BCUT2D eigenvalue weighted by Crippen LogP contribution is 2.67. The Morgan fingerprint density at radius 3 is 1.52 bits per heavy atom. The van der Waals surface area contributed by atoms with Gasteiger partial charge in [0.2, 0.25) is 0 Å². The number of hydrogen-bond acceptors (Lipinski definition) is 11. The van der Waals surface area contributed by atoms with E-state index in [1.807, 2.05) is 12.1 Å². The van der Waals surface area contributed by atoms with Gasteiger partial charge in [0.05, 0.1) is 34.2 Å². The zero-order valence-electron chi connectivity index (χ0n) is 30.9. The molecule has 6 aliphatic carbocycles. The maximum Gasteiger partial charge on any atom is 0.519 e. The molecule has 11 nitrogen and oxygen atoms in total. The Kier molecular flexibility index (Phi) is 6.85. The molecule has 4 saturated carbocycles. The number of piperidine rings is 2. The van der Waals surface area contributed by atoms with Gasteiger partial charge in [0.25, 0.3) is 0 Å². The van der Waals surface area contributed by atoms with E-state index >= 15 is 0 Å². The van der Waals surface area contributed by atoms with Crippen molar-refractivity contribution in [1.29, 1.82) is 0 Å². The van der Waals surface area contributed by atoms with E-state index in [1.165, 1.54) is 38.5 Å². The molecule has 11 heteroatoms. The number of aliphatic hydroxyl groups excluding tert-OH is 2. The Labute approximate surface area is 315 Å². The van der Waals surface area contributed by atoms with E-state index in [9.17, 15) is 25.2 Å². The molecule has 4 heterocycles. The second-order valence-corrected chi connectivity index (χ2v) is 18.9. The van der Waals surface area contributed by atoms with E-state index in [2.05, 4.69) is 9.80 Å². The van der Waals surface area contributed by atoms with Crippen molar-refractivity contribution in [2.45, 2.75) is 148 Å². The SMILES string of the molecule is O=C(Oc1ccc2c3c1O[C@H]1[C@@H](O)CC[C@@]4(O)C(C2)N(CC2CCC2)CC[C@]314)Oc1ccc2c3c1O[C@H]1[C@@H](O)CC[C@@]4(O)[C@@H](C2)N(CC2CCC2)CC[C@]314. The van der Waals surface area contributed by atoms with Crippen molar-refractivity contribution < 1.29 is 44.2 Å². The molecule has 0 amide bonds. The molecular formula is C43H52N2O9. The molecule has 6 fully saturated rings. The highest BCUT2D eigenvalue weighted by Gasteiger charge is 2.74. The van der Waals surface area contributed by atoms with Crippen LogP contribution in [0.1, 0.15) is 99.3 Å². The Morgan fingerprint density at radius 2 is 1.11 bits per heavy atom. The van der Waals surface area contributed by atoms with Gasteiger partial charge in [0.15, 0.2) is 23.0 Å². The molecule has 10 atom stereocenters. The molecule has 1 unspecified atom stereocenters. The van der Waals surface area contributed by atoms with Gasteiger partial charge < -0.3 is 39.4 Å². The van der Waals surface area contributed by atoms with Crippen LogP contribution in [0, 0.1) is 11.8 Å². The van der Waals surface area contributed by atoms with E-state index in [1.54, 1.807) is 12.1 Å². The van der Waals surface area contributed by atoms with Crippen molar-refractivity contribution in [3.8, 4) is 23.0 Å². The summed E-state index contributed by atoms with van der Waals surface area (Å²) in [6.07, 6.45) is 8.43. The molecule has 4 aliphatic heterocycles. The molecule has 10 aliphatic rings. The average molecular weight is 741 g/mol. The fourth-order valence-electron chi connectivity index (χ4n) is 14.0. The van der Waals surface area contributed by atoms with Crippen LogP contribution in [0.4, 0.5) is 4.79 Å². The lowest BCUT2D eigenvalue weighted by Crippen LogP contribution is -2.77. The second-order valence-electron chi connectivity index (χ2n) is 18.9. The number of likely N-dealkylation sites (tertiary alicyclic amines) is 2. The number of aliphatic hydroxyl groups is 4. The third-order valence-electron chi connectivity index (χ3n) is 16.9. The maximum atomic E-state index is 13.8. The van der Waals surface area contributed by atoms with Crippen molar-refractivity contribution in [2.75, 3.05) is 26.2 Å². The van der Waals surface area contributed by atoms with Gasteiger partial charge in [-0.2, -0.15) is 0 Å². The summed E-state index contributed by atoms with van der Waals surface area (Å²) < 4.78 is 25.2. The van der Waals surface area contributed by atoms with Gasteiger partial charge in [-0.3, -0.25) is 9.80 Å². The van der Waals surface area contributed by atoms with Crippen molar-refractivity contribution in [2.24, 2.45) is 11.8 Å². The third kappa shape index (κ3) is 3.97. The number of carbonyl (C=O) groups excluding carboxylic acids is 1. The molecule has 288 valence electrons. The predicted molar refractivity (Wildman–Crippen MR) is 194 cm³/mol. The van der Waals surface area contributed by atoms with Gasteiger partial charge in [-0.25, -0.2) is 4.79 Å². The van der Waals surface area contributed by atoms with Gasteiger partial charge in [-0.15, -0.1) is 0 Å². The standard InChI is InChI=1S/C43H52N2O9/c46-27-11-13-42(49)31-19-25-7-9-29(35-33(25)40(42,37(27)53-35)15-17-44(31)21-23-3-1-4-23)51-39(48)52-30-10-8-26-20-32-43(50)14-12-28(47)38-41(43,34(26)36(30)54-38)16-18-45(32)22-24-5-2-6-24/h7-10,23-24,27-28,31-32,37-38,46-47,49-50H,1-6,11-22H2/t27-,28-,31+,32?,37-,38-,40-,41-,42+,43+/m0/s1. The van der Waals surface area contributed by atoms with Crippen LogP contribution in [0.15, 0.2) is 24.3 Å². The lowest BCUT2D eigenvalue weighted by molar-refractivity contribution is -0.209. The Morgan fingerprint density at radius 1 is 0.667 bits per heavy atom. The fourth-order valence-corrected chi connectivity index (χ4v) is 14.0. The van der Waals surface area contributed by atoms with Crippen LogP contribution in [0.25, 0.3) is 0 Å². The van der Waals surface area contributed by atoms with Gasteiger partial charge in [0.1, 0.15) is 12.2 Å². The molecule has 2 saturated heterocycles. The third-order valence-corrected chi connectivity index (χ3v) is 16.9. The van der Waals surface area contributed by atoms with Crippen LogP contribution in [0.5, 0.6) is 23.0 Å². The Balaban J connectivity index is 0.863. The summed E-state index contributed by atoms with van der Waals surface area (Å²) in [6.45, 7) is 3.66. The first-order valence-corrected chi connectivity index (χ1v) is 21.0.